The van der Waals surface area contributed by atoms with Crippen molar-refractivity contribution in [2.75, 3.05) is 0 Å². The van der Waals surface area contributed by atoms with Gasteiger partial charge in [0.05, 0.1) is 29.8 Å². The minimum Gasteiger partial charge on any atom is -0.461 e. The molecule has 1 saturated carbocycles. The maximum Gasteiger partial charge on any atom is 0.404 e. The third kappa shape index (κ3) is 8.24. The first kappa shape index (κ1) is 36.0. The molecule has 9 nitrogen and oxygen atoms in total. The summed E-state index contributed by atoms with van der Waals surface area (Å²) in [6, 6.07) is 0. The Bertz CT molecular complexity index is 979. The molecule has 9 heteroatoms. The van der Waals surface area contributed by atoms with Crippen molar-refractivity contribution in [2.24, 2.45) is 59.0 Å². The minimum absolute atomic E-state index is 0.130. The zero-order valence-corrected chi connectivity index (χ0v) is 26.6. The second-order valence-corrected chi connectivity index (χ2v) is 13.4. The molecular weight excluding hydrogens is 538 g/mol. The van der Waals surface area contributed by atoms with Crippen LogP contribution in [0, 0.1) is 53.3 Å². The van der Waals surface area contributed by atoms with E-state index >= 15 is 0 Å². The van der Waals surface area contributed by atoms with Crippen molar-refractivity contribution in [3.8, 4) is 0 Å². The Balaban J connectivity index is 2.21. The van der Waals surface area contributed by atoms with Gasteiger partial charge in [-0.2, -0.15) is 0 Å². The quantitative estimate of drug-likeness (QED) is 0.122. The highest BCUT2D eigenvalue weighted by Gasteiger charge is 2.52. The zero-order chi connectivity index (χ0) is 32.1. The average Bonchev–Trinajstić information content (AvgIpc) is 3.14. The van der Waals surface area contributed by atoms with Crippen LogP contribution in [0.1, 0.15) is 68.2 Å². The van der Waals surface area contributed by atoms with Gasteiger partial charge in [-0.1, -0.05) is 78.5 Å². The van der Waals surface area contributed by atoms with E-state index in [0.29, 0.717) is 6.42 Å². The first-order valence-corrected chi connectivity index (χ1v) is 15.3. The van der Waals surface area contributed by atoms with Crippen molar-refractivity contribution in [3.05, 3.63) is 37.0 Å². The number of carbonyl (C=O) groups excluding carboxylic acids is 2. The van der Waals surface area contributed by atoms with Crippen LogP contribution in [0.15, 0.2) is 37.0 Å². The molecule has 240 valence electrons. The van der Waals surface area contributed by atoms with Crippen molar-refractivity contribution in [2.45, 2.75) is 104 Å². The van der Waals surface area contributed by atoms with Gasteiger partial charge in [0, 0.05) is 24.2 Å². The largest absolute Gasteiger partial charge is 0.461 e. The van der Waals surface area contributed by atoms with E-state index in [1.807, 2.05) is 52.8 Å². The van der Waals surface area contributed by atoms with E-state index < -0.39 is 60.0 Å². The molecule has 2 rings (SSSR count). The average molecular weight is 594 g/mol. The molecule has 1 amide bonds. The number of nitrogens with two attached hydrogens (primary N) is 1. The maximum absolute atomic E-state index is 12.2. The Kier molecular flexibility index (Phi) is 12.9. The highest BCUT2D eigenvalue weighted by molar-refractivity contribution is 5.73. The number of carbonyl (C=O) groups is 2. The van der Waals surface area contributed by atoms with Crippen LogP contribution in [0.2, 0.25) is 0 Å². The predicted octanol–water partition coefficient (Wildman–Crippen LogP) is 3.99. The summed E-state index contributed by atoms with van der Waals surface area (Å²) in [4.78, 5) is 23.8. The second kappa shape index (κ2) is 15.0. The lowest BCUT2D eigenvalue weighted by Gasteiger charge is -2.41. The minimum atomic E-state index is -1.25. The fourth-order valence-electron chi connectivity index (χ4n) is 7.50. The van der Waals surface area contributed by atoms with E-state index in [4.69, 9.17) is 15.2 Å². The lowest BCUT2D eigenvalue weighted by atomic mass is 9.70. The van der Waals surface area contributed by atoms with Gasteiger partial charge in [0.25, 0.3) is 0 Å². The first-order valence-electron chi connectivity index (χ1n) is 15.3. The molecule has 2 fully saturated rings. The van der Waals surface area contributed by atoms with Crippen LogP contribution in [-0.4, -0.2) is 68.6 Å². The van der Waals surface area contributed by atoms with Gasteiger partial charge in [-0.25, -0.2) is 4.79 Å². The number of esters is 1. The SMILES string of the molecule is C=C/C=C\[C@H](C)[C@H](OC(N)=O)[C@@H](C)[C@H](O)[C@@H](C)C[C@@](C)(O)[C@H]1[C@H](C)[C@@H](O)[C@@H](C)[C@@H]1/C=C/C[C@@H]1OC(=O)[C@H](C)[C@@H](O)[C@H]1C. The molecule has 15 atom stereocenters. The summed E-state index contributed by atoms with van der Waals surface area (Å²) < 4.78 is 11.0. The van der Waals surface area contributed by atoms with Gasteiger partial charge in [-0.15, -0.1) is 0 Å². The normalized spacial score (nSPS) is 37.0. The van der Waals surface area contributed by atoms with Crippen molar-refractivity contribution < 1.29 is 39.5 Å². The topological polar surface area (TPSA) is 160 Å². The zero-order valence-electron chi connectivity index (χ0n) is 26.6. The number of hydrogen-bond acceptors (Lipinski definition) is 8. The van der Waals surface area contributed by atoms with Crippen molar-refractivity contribution >= 4 is 12.1 Å². The molecule has 1 aliphatic carbocycles. The number of hydrogen-bond donors (Lipinski definition) is 5. The van der Waals surface area contributed by atoms with E-state index in [1.54, 1.807) is 32.9 Å². The molecule has 2 aliphatic rings. The van der Waals surface area contributed by atoms with E-state index in [2.05, 4.69) is 6.58 Å². The molecule has 42 heavy (non-hydrogen) atoms. The number of primary amides is 1. The molecule has 0 aromatic carbocycles. The molecule has 1 heterocycles. The van der Waals surface area contributed by atoms with Crippen LogP contribution in [0.5, 0.6) is 0 Å². The second-order valence-electron chi connectivity index (χ2n) is 13.4. The third-order valence-corrected chi connectivity index (χ3v) is 10.1. The highest BCUT2D eigenvalue weighted by Crippen LogP contribution is 2.49. The summed E-state index contributed by atoms with van der Waals surface area (Å²) >= 11 is 0. The molecule has 0 unspecified atom stereocenters. The fraction of sp³-hybridized carbons (Fsp3) is 0.758. The number of aliphatic hydroxyl groups is 4. The van der Waals surface area contributed by atoms with Crippen LogP contribution >= 0.6 is 0 Å². The molecule has 0 bridgehead atoms. The Morgan fingerprint density at radius 1 is 1.12 bits per heavy atom. The van der Waals surface area contributed by atoms with Crippen LogP contribution in [-0.2, 0) is 14.3 Å². The van der Waals surface area contributed by atoms with Gasteiger partial charge in [0.1, 0.15) is 12.2 Å². The van der Waals surface area contributed by atoms with Gasteiger partial charge in [0.15, 0.2) is 0 Å². The fourth-order valence-corrected chi connectivity index (χ4v) is 7.50. The number of allylic oxidation sites excluding steroid dienone is 3. The summed E-state index contributed by atoms with van der Waals surface area (Å²) in [5.41, 5.74) is 4.09. The number of aliphatic hydroxyl groups excluding tert-OH is 3. The Labute approximate surface area is 251 Å². The number of rotatable bonds is 13. The van der Waals surface area contributed by atoms with Crippen LogP contribution in [0.3, 0.4) is 0 Å². The highest BCUT2D eigenvalue weighted by atomic mass is 16.6. The van der Waals surface area contributed by atoms with Crippen molar-refractivity contribution in [3.63, 3.8) is 0 Å². The molecule has 0 aromatic heterocycles. The lowest BCUT2D eigenvalue weighted by molar-refractivity contribution is -0.176. The molecule has 1 aliphatic heterocycles. The van der Waals surface area contributed by atoms with Gasteiger partial charge in [-0.05, 0) is 49.9 Å². The molecule has 0 aromatic rings. The Morgan fingerprint density at radius 3 is 2.31 bits per heavy atom. The summed E-state index contributed by atoms with van der Waals surface area (Å²) in [7, 11) is 0. The number of ether oxygens (including phenoxy) is 2. The molecule has 0 radical (unpaired) electrons. The molecule has 6 N–H and O–H groups in total. The first-order chi connectivity index (χ1) is 19.5. The lowest BCUT2D eigenvalue weighted by Crippen LogP contribution is -2.46. The van der Waals surface area contributed by atoms with Crippen LogP contribution < -0.4 is 5.73 Å². The Hall–Kier alpha value is -2.20. The van der Waals surface area contributed by atoms with E-state index in [9.17, 15) is 30.0 Å². The maximum atomic E-state index is 12.2. The van der Waals surface area contributed by atoms with Crippen molar-refractivity contribution in [1.29, 1.82) is 0 Å². The van der Waals surface area contributed by atoms with Crippen molar-refractivity contribution in [1.82, 2.24) is 0 Å². The predicted molar refractivity (Wildman–Crippen MR) is 162 cm³/mol. The van der Waals surface area contributed by atoms with Gasteiger partial charge in [-0.3, -0.25) is 4.79 Å². The number of cyclic esters (lactones) is 1. The van der Waals surface area contributed by atoms with E-state index in [-0.39, 0.29) is 47.8 Å². The monoisotopic (exact) mass is 593 g/mol. The summed E-state index contributed by atoms with van der Waals surface area (Å²) in [6.07, 6.45) is 5.44. The summed E-state index contributed by atoms with van der Waals surface area (Å²) in [5.74, 6) is -3.09. The Morgan fingerprint density at radius 2 is 1.74 bits per heavy atom. The van der Waals surface area contributed by atoms with Gasteiger partial charge in [0.2, 0.25) is 0 Å². The summed E-state index contributed by atoms with van der Waals surface area (Å²) in [5, 5.41) is 44.7. The summed E-state index contributed by atoms with van der Waals surface area (Å²) in [6.45, 7) is 18.4. The van der Waals surface area contributed by atoms with E-state index in [1.165, 1.54) is 0 Å². The number of amides is 1. The van der Waals surface area contributed by atoms with Gasteiger partial charge >= 0.3 is 12.1 Å². The molecule has 0 spiro atoms. The standard InChI is InChI=1S/C33H55NO8/c1-10-11-13-17(2)30(42-32(34)39)22(7)27(35)18(3)16-33(9,40)26-21(6)28(36)19(4)24(26)14-12-15-25-20(5)29(37)23(8)31(38)41-25/h10-14,17-30,35-37,40H,1,15-16H2,2-9H3,(H2,34,39)/b13-11-,14-12+/t17-,18-,19-,20-,21-,22-,23+,24-,25-,26-,27+,28-,29-,30-,33+/m0/s1. The van der Waals surface area contributed by atoms with E-state index in [0.717, 1.165) is 0 Å². The third-order valence-electron chi connectivity index (χ3n) is 10.1. The van der Waals surface area contributed by atoms with Crippen LogP contribution in [0.4, 0.5) is 4.79 Å². The van der Waals surface area contributed by atoms with Crippen LogP contribution in [0.25, 0.3) is 0 Å². The smallest absolute Gasteiger partial charge is 0.404 e. The molecular formula is C33H55NO8. The molecule has 1 saturated heterocycles. The van der Waals surface area contributed by atoms with Gasteiger partial charge < -0.3 is 35.6 Å².